The van der Waals surface area contributed by atoms with E-state index in [0.717, 1.165) is 31.9 Å². The van der Waals surface area contributed by atoms with Crippen molar-refractivity contribution in [2.45, 2.75) is 45.8 Å². The van der Waals surface area contributed by atoms with Crippen LogP contribution in [0.2, 0.25) is 0 Å². The van der Waals surface area contributed by atoms with Crippen LogP contribution in [0.4, 0.5) is 10.5 Å². The number of rotatable bonds is 1. The smallest absolute Gasteiger partial charge is 0.410 e. The number of amides is 1. The van der Waals surface area contributed by atoms with Crippen LogP contribution in [0, 0.1) is 0 Å². The zero-order valence-electron chi connectivity index (χ0n) is 15.1. The molecular weight excluding hydrogens is 304 g/mol. The Labute approximate surface area is 144 Å². The number of hydrogen-bond donors (Lipinski definition) is 1. The molecule has 1 aromatic rings. The largest absolute Gasteiger partial charge is 0.444 e. The fourth-order valence-corrected chi connectivity index (χ4v) is 3.26. The Balaban J connectivity index is 1.62. The Bertz CT molecular complexity index is 604. The van der Waals surface area contributed by atoms with Crippen LogP contribution in [0.15, 0.2) is 12.3 Å². The maximum atomic E-state index is 12.1. The van der Waals surface area contributed by atoms with Gasteiger partial charge in [-0.25, -0.2) is 4.79 Å². The van der Waals surface area contributed by atoms with Crippen LogP contribution in [-0.2, 0) is 11.3 Å². The van der Waals surface area contributed by atoms with E-state index in [1.165, 1.54) is 11.3 Å². The first-order valence-electron chi connectivity index (χ1n) is 8.76. The van der Waals surface area contributed by atoms with Crippen molar-refractivity contribution in [3.63, 3.8) is 0 Å². The summed E-state index contributed by atoms with van der Waals surface area (Å²) < 4.78 is 5.45. The molecule has 0 aromatic carbocycles. The summed E-state index contributed by atoms with van der Waals surface area (Å²) in [4.78, 5) is 20.9. The molecule has 1 aromatic heterocycles. The lowest BCUT2D eigenvalue weighted by Gasteiger charge is -2.37. The Morgan fingerprint density at radius 2 is 2.00 bits per heavy atom. The average molecular weight is 332 g/mol. The number of carbonyl (C=O) groups excluding carboxylic acids is 1. The van der Waals surface area contributed by atoms with E-state index < -0.39 is 5.60 Å². The van der Waals surface area contributed by atoms with Crippen molar-refractivity contribution >= 4 is 11.8 Å². The SMILES string of the molecule is CC1CNCc2cc(N3CCN(C(=O)OC(C)(C)C)CC3)cnc21. The number of hydrogen-bond acceptors (Lipinski definition) is 5. The van der Waals surface area contributed by atoms with Crippen LogP contribution in [0.5, 0.6) is 0 Å². The lowest BCUT2D eigenvalue weighted by molar-refractivity contribution is 0.0240. The molecule has 1 unspecified atom stereocenters. The molecule has 132 valence electrons. The van der Waals surface area contributed by atoms with Gasteiger partial charge in [0, 0.05) is 50.9 Å². The molecule has 1 atom stereocenters. The van der Waals surface area contributed by atoms with Crippen molar-refractivity contribution in [3.8, 4) is 0 Å². The standard InChI is InChI=1S/C18H28N4O2/c1-13-10-19-11-14-9-15(12-20-16(13)14)21-5-7-22(8-6-21)17(23)24-18(2,3)4/h9,12-13,19H,5-8,10-11H2,1-4H3. The highest BCUT2D eigenvalue weighted by Gasteiger charge is 2.26. The molecule has 1 amide bonds. The maximum Gasteiger partial charge on any atom is 0.410 e. The number of anilines is 1. The second-order valence-electron chi connectivity index (χ2n) is 7.72. The third-order valence-corrected chi connectivity index (χ3v) is 4.52. The molecule has 6 heteroatoms. The van der Waals surface area contributed by atoms with Crippen molar-refractivity contribution in [2.75, 3.05) is 37.6 Å². The van der Waals surface area contributed by atoms with E-state index in [2.05, 4.69) is 23.2 Å². The number of ether oxygens (including phenoxy) is 1. The molecule has 3 rings (SSSR count). The van der Waals surface area contributed by atoms with Gasteiger partial charge < -0.3 is 19.9 Å². The van der Waals surface area contributed by atoms with E-state index in [1.807, 2.05) is 27.0 Å². The molecule has 0 spiro atoms. The van der Waals surface area contributed by atoms with Gasteiger partial charge in [-0.1, -0.05) is 6.92 Å². The minimum atomic E-state index is -0.444. The molecule has 0 saturated carbocycles. The van der Waals surface area contributed by atoms with Gasteiger partial charge in [0.05, 0.1) is 11.9 Å². The lowest BCUT2D eigenvalue weighted by Crippen LogP contribution is -2.50. The van der Waals surface area contributed by atoms with E-state index in [0.29, 0.717) is 19.0 Å². The zero-order chi connectivity index (χ0) is 17.3. The third-order valence-electron chi connectivity index (χ3n) is 4.52. The molecular formula is C18H28N4O2. The predicted octanol–water partition coefficient (Wildman–Crippen LogP) is 2.35. The Hall–Kier alpha value is -1.82. The fraction of sp³-hybridized carbons (Fsp3) is 0.667. The van der Waals surface area contributed by atoms with Crippen LogP contribution in [0.1, 0.15) is 44.9 Å². The molecule has 1 N–H and O–H groups in total. The van der Waals surface area contributed by atoms with Crippen molar-refractivity contribution < 1.29 is 9.53 Å². The lowest BCUT2D eigenvalue weighted by atomic mass is 9.97. The number of nitrogens with one attached hydrogen (secondary N) is 1. The van der Waals surface area contributed by atoms with Gasteiger partial charge in [0.2, 0.25) is 0 Å². The summed E-state index contributed by atoms with van der Waals surface area (Å²) in [7, 11) is 0. The summed E-state index contributed by atoms with van der Waals surface area (Å²) in [5, 5.41) is 3.44. The summed E-state index contributed by atoms with van der Waals surface area (Å²) >= 11 is 0. The van der Waals surface area contributed by atoms with Gasteiger partial charge in [0.1, 0.15) is 5.60 Å². The minimum Gasteiger partial charge on any atom is -0.444 e. The highest BCUT2D eigenvalue weighted by atomic mass is 16.6. The summed E-state index contributed by atoms with van der Waals surface area (Å²) in [6, 6.07) is 2.24. The molecule has 6 nitrogen and oxygen atoms in total. The van der Waals surface area contributed by atoms with Gasteiger partial charge in [-0.15, -0.1) is 0 Å². The van der Waals surface area contributed by atoms with E-state index >= 15 is 0 Å². The summed E-state index contributed by atoms with van der Waals surface area (Å²) in [6.07, 6.45) is 1.76. The molecule has 0 bridgehead atoms. The van der Waals surface area contributed by atoms with Gasteiger partial charge in [-0.2, -0.15) is 0 Å². The quantitative estimate of drug-likeness (QED) is 0.855. The van der Waals surface area contributed by atoms with Crippen molar-refractivity contribution in [2.24, 2.45) is 0 Å². The molecule has 1 saturated heterocycles. The normalized spacial score (nSPS) is 21.4. The number of carbonyl (C=O) groups is 1. The first-order chi connectivity index (χ1) is 11.3. The van der Waals surface area contributed by atoms with Gasteiger partial charge in [0.15, 0.2) is 0 Å². The monoisotopic (exact) mass is 332 g/mol. The molecule has 24 heavy (non-hydrogen) atoms. The van der Waals surface area contributed by atoms with E-state index in [9.17, 15) is 4.79 Å². The maximum absolute atomic E-state index is 12.1. The van der Waals surface area contributed by atoms with Gasteiger partial charge in [0.25, 0.3) is 0 Å². The second-order valence-corrected chi connectivity index (χ2v) is 7.72. The number of pyridine rings is 1. The summed E-state index contributed by atoms with van der Waals surface area (Å²) in [5.74, 6) is 0.465. The summed E-state index contributed by atoms with van der Waals surface area (Å²) in [6.45, 7) is 12.8. The second kappa shape index (κ2) is 6.59. The number of fused-ring (bicyclic) bond motifs is 1. The topological polar surface area (TPSA) is 57.7 Å². The summed E-state index contributed by atoms with van der Waals surface area (Å²) in [5.41, 5.74) is 3.21. The highest BCUT2D eigenvalue weighted by molar-refractivity contribution is 5.68. The molecule has 1 fully saturated rings. The molecule has 2 aliphatic rings. The van der Waals surface area contributed by atoms with Crippen LogP contribution in [-0.4, -0.2) is 54.3 Å². The minimum absolute atomic E-state index is 0.219. The van der Waals surface area contributed by atoms with Gasteiger partial charge in [-0.05, 0) is 32.4 Å². The molecule has 0 radical (unpaired) electrons. The van der Waals surface area contributed by atoms with Crippen LogP contribution in [0.25, 0.3) is 0 Å². The molecule has 2 aliphatic heterocycles. The van der Waals surface area contributed by atoms with Crippen LogP contribution in [0.3, 0.4) is 0 Å². The first kappa shape index (κ1) is 17.0. The van der Waals surface area contributed by atoms with Crippen molar-refractivity contribution in [3.05, 3.63) is 23.5 Å². The van der Waals surface area contributed by atoms with E-state index in [4.69, 9.17) is 9.72 Å². The van der Waals surface area contributed by atoms with Crippen LogP contribution >= 0.6 is 0 Å². The van der Waals surface area contributed by atoms with Gasteiger partial charge in [-0.3, -0.25) is 4.98 Å². The Morgan fingerprint density at radius 1 is 1.29 bits per heavy atom. The van der Waals surface area contributed by atoms with E-state index in [1.54, 1.807) is 4.90 Å². The first-order valence-corrected chi connectivity index (χ1v) is 8.76. The fourth-order valence-electron chi connectivity index (χ4n) is 3.26. The van der Waals surface area contributed by atoms with Crippen LogP contribution < -0.4 is 10.2 Å². The number of piperazine rings is 1. The zero-order valence-corrected chi connectivity index (χ0v) is 15.1. The number of nitrogens with zero attached hydrogens (tertiary/aromatic N) is 3. The molecule has 0 aliphatic carbocycles. The highest BCUT2D eigenvalue weighted by Crippen LogP contribution is 2.26. The van der Waals surface area contributed by atoms with Crippen molar-refractivity contribution in [1.82, 2.24) is 15.2 Å². The predicted molar refractivity (Wildman–Crippen MR) is 94.4 cm³/mol. The van der Waals surface area contributed by atoms with Gasteiger partial charge >= 0.3 is 6.09 Å². The van der Waals surface area contributed by atoms with Crippen molar-refractivity contribution in [1.29, 1.82) is 0 Å². The number of aromatic nitrogens is 1. The molecule has 3 heterocycles. The Morgan fingerprint density at radius 3 is 2.67 bits per heavy atom. The Kier molecular flexibility index (Phi) is 4.67. The average Bonchev–Trinajstić information content (AvgIpc) is 2.53. The van der Waals surface area contributed by atoms with E-state index in [-0.39, 0.29) is 6.09 Å². The third kappa shape index (κ3) is 3.80.